The number of rotatable bonds is 11. The molecule has 0 atom stereocenters. The maximum absolute atomic E-state index is 8.49. The molecule has 0 saturated heterocycles. The zero-order valence-electron chi connectivity index (χ0n) is 42.3. The molecule has 0 radical (unpaired) electrons. The van der Waals surface area contributed by atoms with Crippen molar-refractivity contribution in [1.82, 2.24) is 0 Å². The number of nitrogens with one attached hydrogen (secondary N) is 1. The van der Waals surface area contributed by atoms with Gasteiger partial charge in [0.2, 0.25) is 5.69 Å². The van der Waals surface area contributed by atoms with Gasteiger partial charge in [0.25, 0.3) is 0 Å². The van der Waals surface area contributed by atoms with Gasteiger partial charge in [0, 0.05) is 148 Å². The Morgan fingerprint density at radius 1 is 0.632 bits per heavy atom. The standard InChI is InChI=1S/C31H39N2.C31H4.ClHN2O4.ClHO4.17H2/c1-7-22-32-26-18-14-12-16-24(26)30(3,4)28(32)20-10-9-11-21-29-31(5,6)25-17-13-15-19-27(25)33(29)23-8-2;1-3-5-7-9-11-13-15-17-19-21-23-25-27-29-31-30-28-26-24-22-20-18-16-14-12-10-8-6-4-2;1-4-6-7-5-3-2;2-1(3,4)5;;;;;;;;;;;;;;;;;/h9-21H,7-8,22-23H2,1-6H3;1H,2H3;2H;(H,2,3,4,5);17*1H/q+1;;;;;;;;;;;;;;;;;;;;/p-1. The van der Waals surface area contributed by atoms with Gasteiger partial charge < -0.3 is 4.90 Å². The summed E-state index contributed by atoms with van der Waals surface area (Å²) >= 11 is 4.41. The van der Waals surface area contributed by atoms with Crippen LogP contribution in [0.1, 0.15) is 96.7 Å². The Kier molecular flexibility index (Phi) is 32.8. The van der Waals surface area contributed by atoms with Gasteiger partial charge in [-0.1, -0.05) is 92.7 Å². The first-order valence-corrected chi connectivity index (χ1v) is 23.5. The first kappa shape index (κ1) is 64.2. The third-order valence-corrected chi connectivity index (χ3v) is 9.22. The summed E-state index contributed by atoms with van der Waals surface area (Å²) in [7, 11) is -4.94. The Morgan fingerprint density at radius 2 is 1.07 bits per heavy atom. The molecule has 0 saturated carbocycles. The number of terminal acetylenes is 1. The van der Waals surface area contributed by atoms with Crippen molar-refractivity contribution in [3.05, 3.63) is 95.7 Å². The van der Waals surface area contributed by atoms with Crippen molar-refractivity contribution in [3.63, 3.8) is 0 Å². The van der Waals surface area contributed by atoms with Crippen LogP contribution in [0.3, 0.4) is 0 Å². The Morgan fingerprint density at radius 3 is 1.49 bits per heavy atom. The van der Waals surface area contributed by atoms with Crippen LogP contribution in [0.25, 0.3) is 0 Å². The van der Waals surface area contributed by atoms with Gasteiger partial charge in [-0.25, -0.2) is 18.6 Å². The Hall–Kier alpha value is -9.77. The second-order valence-electron chi connectivity index (χ2n) is 14.8. The molecule has 14 heteroatoms. The molecule has 2 aliphatic heterocycles. The summed E-state index contributed by atoms with van der Waals surface area (Å²) in [6, 6.07) is 17.7. The summed E-state index contributed by atoms with van der Waals surface area (Å²) in [5.74, 6) is 71.9. The third kappa shape index (κ3) is 26.6. The highest BCUT2D eigenvalue weighted by atomic mass is 35.7. The third-order valence-electron chi connectivity index (χ3n) is 9.17. The molecule has 0 aliphatic carbocycles. The first-order chi connectivity index (χ1) is 36.7. The van der Waals surface area contributed by atoms with E-state index in [4.69, 9.17) is 30.6 Å². The minimum absolute atomic E-state index is 0. The predicted octanol–water partition coefficient (Wildman–Crippen LogP) is 8.69. The summed E-state index contributed by atoms with van der Waals surface area (Å²) in [6.07, 6.45) is 18.4. The molecule has 408 valence electrons. The molecule has 12 nitrogen and oxygen atoms in total. The lowest BCUT2D eigenvalue weighted by Crippen LogP contribution is -2.68. The number of halogens is 2. The highest BCUT2D eigenvalue weighted by Crippen LogP contribution is 2.47. The first-order valence-electron chi connectivity index (χ1n) is 22.0. The van der Waals surface area contributed by atoms with Crippen LogP contribution in [-0.2, 0) is 30.3 Å². The van der Waals surface area contributed by atoms with E-state index >= 15 is 0 Å². The van der Waals surface area contributed by atoms with E-state index in [1.807, 2.05) is 0 Å². The molecule has 0 fully saturated rings. The van der Waals surface area contributed by atoms with E-state index < -0.39 is 10.2 Å². The number of nitrogens with zero attached hydrogens (tertiary/aromatic N) is 3. The van der Waals surface area contributed by atoms with E-state index in [0.717, 1.165) is 25.9 Å². The predicted molar refractivity (Wildman–Crippen MR) is 318 cm³/mol. The molecular weight excluding hydrogens is 1000 g/mol. The number of hydrogen-bond acceptors (Lipinski definition) is 11. The van der Waals surface area contributed by atoms with E-state index in [1.54, 1.807) is 6.92 Å². The second kappa shape index (κ2) is 38.8. The smallest absolute Gasteiger partial charge is 0.209 e. The Bertz CT molecular complexity index is 3580. The van der Waals surface area contributed by atoms with Crippen molar-refractivity contribution < 1.29 is 77.2 Å². The van der Waals surface area contributed by atoms with Gasteiger partial charge in [0.1, 0.15) is 18.4 Å². The molecule has 0 unspecified atom stereocenters. The molecule has 1 N–H and O–H groups in total. The van der Waals surface area contributed by atoms with Crippen LogP contribution in [0.15, 0.2) is 89.9 Å². The maximum Gasteiger partial charge on any atom is 0.209 e. The second-order valence-corrected chi connectivity index (χ2v) is 15.7. The van der Waals surface area contributed by atoms with Crippen molar-refractivity contribution in [3.8, 4) is 178 Å². The van der Waals surface area contributed by atoms with E-state index in [2.05, 4.69) is 338 Å². The quantitative estimate of drug-likeness (QED) is 0.0440. The normalized spacial score (nSPS) is 11.7. The van der Waals surface area contributed by atoms with E-state index in [0.29, 0.717) is 0 Å². The van der Waals surface area contributed by atoms with E-state index in [1.165, 1.54) is 33.9 Å². The van der Waals surface area contributed by atoms with Crippen molar-refractivity contribution in [2.75, 3.05) is 18.0 Å². The fourth-order valence-electron chi connectivity index (χ4n) is 6.49. The fourth-order valence-corrected chi connectivity index (χ4v) is 6.51. The molecule has 2 heterocycles. The van der Waals surface area contributed by atoms with Crippen LogP contribution in [0.2, 0.25) is 0 Å². The minimum Gasteiger partial charge on any atom is -0.344 e. The minimum atomic E-state index is -4.94. The highest BCUT2D eigenvalue weighted by molar-refractivity contribution is 6.06. The molecule has 0 bridgehead atoms. The molecule has 0 spiro atoms. The van der Waals surface area contributed by atoms with Crippen molar-refractivity contribution in [1.29, 1.82) is 5.53 Å². The number of para-hydroxylation sites is 2. The SMILES string of the molecule is C#CC#CC#CC#CC#CC#CC#CC#CC#CC#CC#CC#CC#CC#CC#CC.CCCN1/C(=C/C=C/C=C/C2=[N+](CCC)c3ccccc3C2(C)C)C(C)(C)c2ccccc21.N=NOOOOCl.[HH].[HH].[HH].[HH].[HH].[HH].[HH].[HH].[HH].[HH].[HH].[HH].[HH].[HH].[HH].[HH].[HH].[O-][Cl+3]([O-])([O-])[O-]. The average Bonchev–Trinajstić information content (AvgIpc) is 3.74. The van der Waals surface area contributed by atoms with Crippen LogP contribution in [-0.4, -0.2) is 23.4 Å². The van der Waals surface area contributed by atoms with Gasteiger partial charge in [0.05, 0.1) is 10.7 Å². The molecule has 2 aromatic rings. The van der Waals surface area contributed by atoms with Crippen molar-refractivity contribution >= 4 is 29.0 Å². The van der Waals surface area contributed by atoms with Gasteiger partial charge in [-0.2, -0.15) is 15.1 Å². The van der Waals surface area contributed by atoms with Crippen molar-refractivity contribution in [2.24, 2.45) is 5.28 Å². The molecule has 4 rings (SSSR count). The molecule has 0 amide bonds. The van der Waals surface area contributed by atoms with Crippen LogP contribution in [0.4, 0.5) is 11.4 Å². The zero-order valence-corrected chi connectivity index (χ0v) is 43.8. The largest absolute Gasteiger partial charge is 0.344 e. The lowest BCUT2D eigenvalue weighted by molar-refractivity contribution is -2.00. The number of fused-ring (bicyclic) bond motifs is 2. The van der Waals surface area contributed by atoms with Crippen LogP contribution in [0.5, 0.6) is 0 Å². The summed E-state index contributed by atoms with van der Waals surface area (Å²) in [5, 5.41) is 9.06. The molecule has 2 aliphatic rings. The molecule has 2 aromatic carbocycles. The molecule has 76 heavy (non-hydrogen) atoms. The summed E-state index contributed by atoms with van der Waals surface area (Å²) < 4.78 is 39.8. The lowest BCUT2D eigenvalue weighted by atomic mass is 9.81. The van der Waals surface area contributed by atoms with Crippen LogP contribution < -0.4 is 23.5 Å². The van der Waals surface area contributed by atoms with Crippen LogP contribution in [0, 0.1) is 194 Å². The van der Waals surface area contributed by atoms with Gasteiger partial charge in [-0.05, 0) is 145 Å². The molecular formula is C62H78Cl2N4O8. The Labute approximate surface area is 479 Å². The number of hydrogen-bond donors (Lipinski definition) is 1. The Balaban J connectivity index is -0.0000000608. The number of anilines is 1. The van der Waals surface area contributed by atoms with E-state index in [-0.39, 0.29) is 35.1 Å². The lowest BCUT2D eigenvalue weighted by Gasteiger charge is -2.26. The maximum atomic E-state index is 8.49. The topological polar surface area (TPSA) is 172 Å². The van der Waals surface area contributed by atoms with Gasteiger partial charge >= 0.3 is 0 Å². The van der Waals surface area contributed by atoms with E-state index in [9.17, 15) is 0 Å². The molecule has 0 aromatic heterocycles. The van der Waals surface area contributed by atoms with Gasteiger partial charge in [-0.15, -0.1) is 16.7 Å². The summed E-state index contributed by atoms with van der Waals surface area (Å²) in [4.78, 5) is 5.93. The van der Waals surface area contributed by atoms with Gasteiger partial charge in [-0.3, -0.25) is 0 Å². The zero-order chi connectivity index (χ0) is 56.2. The summed E-state index contributed by atoms with van der Waals surface area (Å²) in [5.41, 5.74) is 14.2. The summed E-state index contributed by atoms with van der Waals surface area (Å²) in [6.45, 7) is 17.7. The number of benzene rings is 2. The van der Waals surface area contributed by atoms with Crippen molar-refractivity contribution in [2.45, 2.75) is 72.1 Å². The fraction of sp³-hybridized carbons (Fsp3) is 0.210. The highest BCUT2D eigenvalue weighted by Gasteiger charge is 2.43. The average molecular weight is 1080 g/mol. The number of allylic oxidation sites excluding steroid dienone is 6. The van der Waals surface area contributed by atoms with Gasteiger partial charge in [0.15, 0.2) is 5.71 Å². The van der Waals surface area contributed by atoms with Crippen LogP contribution >= 0.6 is 11.9 Å². The monoisotopic (exact) mass is 1080 g/mol.